The molecule has 0 aliphatic carbocycles. The number of nitrogens with two attached hydrogens (primary N) is 1. The van der Waals surface area contributed by atoms with Crippen LogP contribution in [0.15, 0.2) is 12.1 Å². The van der Waals surface area contributed by atoms with Gasteiger partial charge < -0.3 is 20.1 Å². The van der Waals surface area contributed by atoms with E-state index < -0.39 is 0 Å². The number of benzene rings is 1. The maximum absolute atomic E-state index is 12.8. The first kappa shape index (κ1) is 17.3. The smallest absolute Gasteiger partial charge is 0.257 e. The minimum atomic E-state index is -0.0578. The molecular weight excluding hydrogens is 330 g/mol. The van der Waals surface area contributed by atoms with E-state index in [0.29, 0.717) is 41.0 Å². The van der Waals surface area contributed by atoms with Crippen LogP contribution in [0.2, 0.25) is 5.02 Å². The van der Waals surface area contributed by atoms with Gasteiger partial charge in [-0.15, -0.1) is 0 Å². The largest absolute Gasteiger partial charge is 0.496 e. The lowest BCUT2D eigenvalue weighted by molar-refractivity contribution is 0.0608. The van der Waals surface area contributed by atoms with Gasteiger partial charge in [0.15, 0.2) is 0 Å². The molecule has 0 saturated carbocycles. The molecule has 1 aromatic carbocycles. The molecule has 0 bridgehead atoms. The molecule has 2 heterocycles. The van der Waals surface area contributed by atoms with Gasteiger partial charge in [0.1, 0.15) is 5.75 Å². The zero-order valence-electron chi connectivity index (χ0n) is 14.0. The van der Waals surface area contributed by atoms with Crippen molar-refractivity contribution in [2.75, 3.05) is 58.8 Å². The van der Waals surface area contributed by atoms with E-state index >= 15 is 0 Å². The Morgan fingerprint density at radius 1 is 1.38 bits per heavy atom. The standard InChI is InChI=1S/C17H24ClN3O3/c1-23-16-9-15(19)14(18)8-13(16)17(22)21-5-3-20(4-6-21)10-12-2-7-24-11-12/h8-9,12H,2-7,10-11,19H2,1H3. The number of rotatable bonds is 4. The Morgan fingerprint density at radius 3 is 2.75 bits per heavy atom. The summed E-state index contributed by atoms with van der Waals surface area (Å²) in [7, 11) is 1.53. The third-order valence-corrected chi connectivity index (χ3v) is 5.08. The summed E-state index contributed by atoms with van der Waals surface area (Å²) in [5.41, 5.74) is 6.66. The molecule has 1 aromatic rings. The van der Waals surface area contributed by atoms with Crippen molar-refractivity contribution in [3.8, 4) is 5.75 Å². The number of amides is 1. The Hall–Kier alpha value is -1.50. The van der Waals surface area contributed by atoms with Crippen LogP contribution in [0, 0.1) is 5.92 Å². The van der Waals surface area contributed by atoms with Crippen LogP contribution < -0.4 is 10.5 Å². The summed E-state index contributed by atoms with van der Waals surface area (Å²) >= 11 is 6.07. The monoisotopic (exact) mass is 353 g/mol. The quantitative estimate of drug-likeness (QED) is 0.835. The molecule has 3 rings (SSSR count). The highest BCUT2D eigenvalue weighted by atomic mass is 35.5. The Morgan fingerprint density at radius 2 is 2.12 bits per heavy atom. The van der Waals surface area contributed by atoms with Gasteiger partial charge in [0.25, 0.3) is 5.91 Å². The zero-order valence-corrected chi connectivity index (χ0v) is 14.7. The fourth-order valence-corrected chi connectivity index (χ4v) is 3.47. The Kier molecular flexibility index (Phi) is 5.48. The van der Waals surface area contributed by atoms with Crippen LogP contribution >= 0.6 is 11.6 Å². The van der Waals surface area contributed by atoms with Gasteiger partial charge in [-0.3, -0.25) is 9.69 Å². The van der Waals surface area contributed by atoms with Crippen LogP contribution in [0.4, 0.5) is 5.69 Å². The van der Waals surface area contributed by atoms with Crippen molar-refractivity contribution in [1.29, 1.82) is 0 Å². The normalized spacial score (nSPS) is 21.9. The summed E-state index contributed by atoms with van der Waals surface area (Å²) in [6, 6.07) is 3.20. The molecule has 2 saturated heterocycles. The molecule has 1 atom stereocenters. The number of nitrogen functional groups attached to an aromatic ring is 1. The second kappa shape index (κ2) is 7.59. The van der Waals surface area contributed by atoms with Crippen molar-refractivity contribution in [1.82, 2.24) is 9.80 Å². The number of methoxy groups -OCH3 is 1. The van der Waals surface area contributed by atoms with Gasteiger partial charge in [-0.05, 0) is 18.4 Å². The molecule has 1 unspecified atom stereocenters. The fraction of sp³-hybridized carbons (Fsp3) is 0.588. The molecule has 2 aliphatic heterocycles. The summed E-state index contributed by atoms with van der Waals surface area (Å²) in [5, 5.41) is 0.374. The molecule has 6 nitrogen and oxygen atoms in total. The molecule has 24 heavy (non-hydrogen) atoms. The molecule has 0 spiro atoms. The highest BCUT2D eigenvalue weighted by Crippen LogP contribution is 2.30. The molecular formula is C17H24ClN3O3. The van der Waals surface area contributed by atoms with Crippen molar-refractivity contribution in [3.05, 3.63) is 22.7 Å². The first-order valence-corrected chi connectivity index (χ1v) is 8.68. The van der Waals surface area contributed by atoms with E-state index in [4.69, 9.17) is 26.8 Å². The van der Waals surface area contributed by atoms with Gasteiger partial charge in [-0.1, -0.05) is 11.6 Å². The van der Waals surface area contributed by atoms with Gasteiger partial charge in [-0.2, -0.15) is 0 Å². The van der Waals surface area contributed by atoms with Crippen LogP contribution in [0.1, 0.15) is 16.8 Å². The number of carbonyl (C=O) groups excluding carboxylic acids is 1. The average molecular weight is 354 g/mol. The van der Waals surface area contributed by atoms with Crippen LogP contribution in [-0.4, -0.2) is 68.8 Å². The summed E-state index contributed by atoms with van der Waals surface area (Å²) in [6.45, 7) is 5.97. The van der Waals surface area contributed by atoms with E-state index in [0.717, 1.165) is 39.3 Å². The van der Waals surface area contributed by atoms with Gasteiger partial charge >= 0.3 is 0 Å². The summed E-state index contributed by atoms with van der Waals surface area (Å²) in [6.07, 6.45) is 1.14. The third kappa shape index (κ3) is 3.77. The number of halogens is 1. The minimum absolute atomic E-state index is 0.0578. The topological polar surface area (TPSA) is 68.0 Å². The average Bonchev–Trinajstić information content (AvgIpc) is 3.10. The second-order valence-electron chi connectivity index (χ2n) is 6.40. The summed E-state index contributed by atoms with van der Waals surface area (Å²) in [4.78, 5) is 17.1. The van der Waals surface area contributed by atoms with Crippen molar-refractivity contribution in [2.45, 2.75) is 6.42 Å². The molecule has 2 N–H and O–H groups in total. The van der Waals surface area contributed by atoms with Crippen LogP contribution in [0.3, 0.4) is 0 Å². The zero-order chi connectivity index (χ0) is 17.1. The highest BCUT2D eigenvalue weighted by Gasteiger charge is 2.27. The van der Waals surface area contributed by atoms with E-state index in [1.54, 1.807) is 12.1 Å². The number of piperazine rings is 1. The lowest BCUT2D eigenvalue weighted by atomic mass is 10.1. The molecule has 7 heteroatoms. The fourth-order valence-electron chi connectivity index (χ4n) is 3.30. The lowest BCUT2D eigenvalue weighted by Crippen LogP contribution is -2.49. The summed E-state index contributed by atoms with van der Waals surface area (Å²) in [5.74, 6) is 1.04. The SMILES string of the molecule is COc1cc(N)c(Cl)cc1C(=O)N1CCN(CC2CCOC2)CC1. The van der Waals surface area contributed by atoms with Gasteiger partial charge in [0.2, 0.25) is 0 Å². The number of hydrogen-bond acceptors (Lipinski definition) is 5. The van der Waals surface area contributed by atoms with Crippen LogP contribution in [0.25, 0.3) is 0 Å². The lowest BCUT2D eigenvalue weighted by Gasteiger charge is -2.36. The first-order chi connectivity index (χ1) is 11.6. The van der Waals surface area contributed by atoms with Crippen LogP contribution in [0.5, 0.6) is 5.75 Å². The molecule has 1 amide bonds. The van der Waals surface area contributed by atoms with E-state index in [2.05, 4.69) is 4.90 Å². The molecule has 2 fully saturated rings. The molecule has 0 radical (unpaired) electrons. The Balaban J connectivity index is 1.61. The predicted octanol–water partition coefficient (Wildman–Crippen LogP) is 1.73. The Bertz CT molecular complexity index is 597. The number of carbonyl (C=O) groups is 1. The van der Waals surface area contributed by atoms with Crippen LogP contribution in [-0.2, 0) is 4.74 Å². The van der Waals surface area contributed by atoms with Crippen molar-refractivity contribution < 1.29 is 14.3 Å². The van der Waals surface area contributed by atoms with E-state index in [-0.39, 0.29) is 5.91 Å². The van der Waals surface area contributed by atoms with Gasteiger partial charge in [0, 0.05) is 45.4 Å². The van der Waals surface area contributed by atoms with E-state index in [1.165, 1.54) is 7.11 Å². The van der Waals surface area contributed by atoms with Crippen molar-refractivity contribution in [3.63, 3.8) is 0 Å². The molecule has 2 aliphatic rings. The van der Waals surface area contributed by atoms with Gasteiger partial charge in [0.05, 0.1) is 30.0 Å². The number of anilines is 1. The van der Waals surface area contributed by atoms with Gasteiger partial charge in [-0.25, -0.2) is 0 Å². The Labute approximate surface area is 147 Å². The number of nitrogens with zero attached hydrogens (tertiary/aromatic N) is 2. The maximum Gasteiger partial charge on any atom is 0.257 e. The molecule has 132 valence electrons. The highest BCUT2D eigenvalue weighted by molar-refractivity contribution is 6.33. The summed E-state index contributed by atoms with van der Waals surface area (Å²) < 4.78 is 10.7. The van der Waals surface area contributed by atoms with Crippen molar-refractivity contribution >= 4 is 23.2 Å². The molecule has 0 aromatic heterocycles. The number of hydrogen-bond donors (Lipinski definition) is 1. The maximum atomic E-state index is 12.8. The van der Waals surface area contributed by atoms with E-state index in [9.17, 15) is 4.79 Å². The van der Waals surface area contributed by atoms with E-state index in [1.807, 2.05) is 4.90 Å². The first-order valence-electron chi connectivity index (χ1n) is 8.31. The number of ether oxygens (including phenoxy) is 2. The second-order valence-corrected chi connectivity index (χ2v) is 6.80. The van der Waals surface area contributed by atoms with Crippen molar-refractivity contribution in [2.24, 2.45) is 5.92 Å². The third-order valence-electron chi connectivity index (χ3n) is 4.75. The predicted molar refractivity (Wildman–Crippen MR) is 93.7 cm³/mol. The minimum Gasteiger partial charge on any atom is -0.496 e.